The minimum atomic E-state index is 1.04. The van der Waals surface area contributed by atoms with E-state index in [0.717, 1.165) is 12.2 Å². The van der Waals surface area contributed by atoms with Gasteiger partial charge in [-0.05, 0) is 19.8 Å². The minimum Gasteiger partial charge on any atom is -0.346 e. The number of H-pyrrole nitrogens is 1. The smallest absolute Gasteiger partial charge is 0.103 e. The average Bonchev–Trinajstić information content (AvgIpc) is 2.86. The number of unbranched alkanes of at least 4 members (excludes halogenated alkanes) is 11. The summed E-state index contributed by atoms with van der Waals surface area (Å²) in [5.74, 6) is 1.04. The summed E-state index contributed by atoms with van der Waals surface area (Å²) in [5, 5.41) is 0. The summed E-state index contributed by atoms with van der Waals surface area (Å²) in [5.41, 5.74) is 1.30. The van der Waals surface area contributed by atoms with Gasteiger partial charge in [-0.2, -0.15) is 0 Å². The lowest BCUT2D eigenvalue weighted by Gasteiger charge is -2.02. The molecular formula is C18H34N2. The number of aromatic nitrogens is 2. The number of imidazole rings is 1. The van der Waals surface area contributed by atoms with E-state index in [4.69, 9.17) is 0 Å². The van der Waals surface area contributed by atoms with Crippen LogP contribution in [0.4, 0.5) is 0 Å². The van der Waals surface area contributed by atoms with Crippen molar-refractivity contribution in [3.8, 4) is 0 Å². The van der Waals surface area contributed by atoms with E-state index in [1.807, 2.05) is 13.1 Å². The third-order valence-corrected chi connectivity index (χ3v) is 4.06. The molecule has 0 spiro atoms. The molecule has 0 fully saturated rings. The maximum Gasteiger partial charge on any atom is 0.103 e. The van der Waals surface area contributed by atoms with Gasteiger partial charge in [-0.15, -0.1) is 0 Å². The second kappa shape index (κ2) is 12.0. The monoisotopic (exact) mass is 278 g/mol. The number of hydrogen-bond donors (Lipinski definition) is 1. The minimum absolute atomic E-state index is 1.04. The third-order valence-electron chi connectivity index (χ3n) is 4.06. The topological polar surface area (TPSA) is 28.7 Å². The molecular weight excluding hydrogens is 244 g/mol. The van der Waals surface area contributed by atoms with Crippen LogP contribution in [-0.2, 0) is 6.42 Å². The molecule has 0 aliphatic heterocycles. The zero-order chi connectivity index (χ0) is 14.5. The maximum atomic E-state index is 4.24. The molecule has 2 heteroatoms. The molecule has 0 atom stereocenters. The summed E-state index contributed by atoms with van der Waals surface area (Å²) in [6.07, 6.45) is 20.1. The van der Waals surface area contributed by atoms with E-state index in [-0.39, 0.29) is 0 Å². The second-order valence-corrected chi connectivity index (χ2v) is 6.13. The first-order valence-corrected chi connectivity index (χ1v) is 8.83. The normalized spacial score (nSPS) is 11.1. The van der Waals surface area contributed by atoms with Gasteiger partial charge in [0.15, 0.2) is 0 Å². The quantitative estimate of drug-likeness (QED) is 0.443. The molecule has 0 unspecified atom stereocenters. The fourth-order valence-corrected chi connectivity index (χ4v) is 2.76. The highest BCUT2D eigenvalue weighted by atomic mass is 14.9. The summed E-state index contributed by atoms with van der Waals surface area (Å²) in [6, 6.07) is 0. The first-order valence-electron chi connectivity index (χ1n) is 8.83. The molecule has 0 aliphatic carbocycles. The molecule has 0 aromatic carbocycles. The number of aryl methyl sites for hydroxylation is 2. The summed E-state index contributed by atoms with van der Waals surface area (Å²) in [6.45, 7) is 4.30. The summed E-state index contributed by atoms with van der Waals surface area (Å²) in [7, 11) is 0. The molecule has 1 heterocycles. The zero-order valence-corrected chi connectivity index (χ0v) is 13.7. The van der Waals surface area contributed by atoms with Gasteiger partial charge in [-0.25, -0.2) is 4.98 Å². The zero-order valence-electron chi connectivity index (χ0n) is 13.7. The van der Waals surface area contributed by atoms with Crippen molar-refractivity contribution in [2.45, 2.75) is 97.3 Å². The van der Waals surface area contributed by atoms with Crippen molar-refractivity contribution in [3.05, 3.63) is 17.7 Å². The summed E-state index contributed by atoms with van der Waals surface area (Å²) < 4.78 is 0. The Morgan fingerprint density at radius 1 is 0.800 bits per heavy atom. The van der Waals surface area contributed by atoms with Crippen molar-refractivity contribution in [1.29, 1.82) is 0 Å². The van der Waals surface area contributed by atoms with Crippen molar-refractivity contribution >= 4 is 0 Å². The molecule has 1 aromatic heterocycles. The molecule has 0 saturated carbocycles. The number of rotatable bonds is 13. The van der Waals surface area contributed by atoms with Crippen molar-refractivity contribution in [3.63, 3.8) is 0 Å². The molecule has 0 amide bonds. The molecule has 1 N–H and O–H groups in total. The fourth-order valence-electron chi connectivity index (χ4n) is 2.76. The third kappa shape index (κ3) is 9.17. The molecule has 2 nitrogen and oxygen atoms in total. The first kappa shape index (κ1) is 17.3. The second-order valence-electron chi connectivity index (χ2n) is 6.13. The fraction of sp³-hybridized carbons (Fsp3) is 0.833. The average molecular weight is 278 g/mol. The Labute approximate surface area is 125 Å². The van der Waals surface area contributed by atoms with Crippen LogP contribution in [0.3, 0.4) is 0 Å². The Morgan fingerprint density at radius 3 is 1.75 bits per heavy atom. The van der Waals surface area contributed by atoms with Gasteiger partial charge in [-0.3, -0.25) is 0 Å². The number of hydrogen-bond acceptors (Lipinski definition) is 1. The van der Waals surface area contributed by atoms with Crippen LogP contribution >= 0.6 is 0 Å². The van der Waals surface area contributed by atoms with Crippen LogP contribution in [0.2, 0.25) is 0 Å². The molecule has 0 saturated heterocycles. The van der Waals surface area contributed by atoms with Crippen LogP contribution in [0.5, 0.6) is 0 Å². The summed E-state index contributed by atoms with van der Waals surface area (Å²) >= 11 is 0. The molecule has 0 bridgehead atoms. The van der Waals surface area contributed by atoms with Gasteiger partial charge in [0.05, 0.1) is 0 Å². The van der Waals surface area contributed by atoms with Crippen molar-refractivity contribution in [2.75, 3.05) is 0 Å². The van der Waals surface area contributed by atoms with Crippen molar-refractivity contribution < 1.29 is 0 Å². The summed E-state index contributed by atoms with van der Waals surface area (Å²) in [4.78, 5) is 7.54. The first-order chi connectivity index (χ1) is 9.83. The largest absolute Gasteiger partial charge is 0.346 e. The van der Waals surface area contributed by atoms with Gasteiger partial charge >= 0.3 is 0 Å². The SMILES string of the molecule is CCCCCCCCCCCCCCc1cnc(C)[nH]1. The van der Waals surface area contributed by atoms with Crippen LogP contribution in [0.15, 0.2) is 6.20 Å². The lowest BCUT2D eigenvalue weighted by atomic mass is 10.0. The number of nitrogens with one attached hydrogen (secondary N) is 1. The van der Waals surface area contributed by atoms with Gasteiger partial charge in [0.2, 0.25) is 0 Å². The van der Waals surface area contributed by atoms with Crippen LogP contribution in [0.1, 0.15) is 95.5 Å². The Balaban J connectivity index is 1.76. The molecule has 20 heavy (non-hydrogen) atoms. The highest BCUT2D eigenvalue weighted by molar-refractivity contribution is 4.99. The molecule has 0 aliphatic rings. The van der Waals surface area contributed by atoms with Crippen LogP contribution < -0.4 is 0 Å². The highest BCUT2D eigenvalue weighted by Gasteiger charge is 1.97. The van der Waals surface area contributed by atoms with E-state index in [1.54, 1.807) is 0 Å². The Hall–Kier alpha value is -0.790. The predicted molar refractivity (Wildman–Crippen MR) is 88.1 cm³/mol. The van der Waals surface area contributed by atoms with Crippen LogP contribution in [0.25, 0.3) is 0 Å². The van der Waals surface area contributed by atoms with E-state index in [0.29, 0.717) is 0 Å². The highest BCUT2D eigenvalue weighted by Crippen LogP contribution is 2.12. The molecule has 1 rings (SSSR count). The van der Waals surface area contributed by atoms with Crippen molar-refractivity contribution in [2.24, 2.45) is 0 Å². The van der Waals surface area contributed by atoms with Gasteiger partial charge in [0, 0.05) is 11.9 Å². The molecule has 1 aromatic rings. The predicted octanol–water partition coefficient (Wildman–Crippen LogP) is 5.96. The van der Waals surface area contributed by atoms with Gasteiger partial charge in [-0.1, -0.05) is 77.6 Å². The van der Waals surface area contributed by atoms with Crippen LogP contribution in [0, 0.1) is 6.92 Å². The van der Waals surface area contributed by atoms with Gasteiger partial charge in [0.1, 0.15) is 5.82 Å². The Morgan fingerprint density at radius 2 is 1.30 bits per heavy atom. The van der Waals surface area contributed by atoms with E-state index in [9.17, 15) is 0 Å². The Bertz CT molecular complexity index is 317. The van der Waals surface area contributed by atoms with Crippen LogP contribution in [-0.4, -0.2) is 9.97 Å². The molecule has 116 valence electrons. The standard InChI is InChI=1S/C18H34N2/c1-3-4-5-6-7-8-9-10-11-12-13-14-15-18-16-19-17(2)20-18/h16H,3-15H2,1-2H3,(H,19,20). The number of nitrogens with zero attached hydrogens (tertiary/aromatic N) is 1. The van der Waals surface area contributed by atoms with Crippen molar-refractivity contribution in [1.82, 2.24) is 9.97 Å². The molecule has 0 radical (unpaired) electrons. The van der Waals surface area contributed by atoms with Gasteiger partial charge in [0.25, 0.3) is 0 Å². The maximum absolute atomic E-state index is 4.24. The van der Waals surface area contributed by atoms with E-state index in [1.165, 1.54) is 82.7 Å². The van der Waals surface area contributed by atoms with Gasteiger partial charge < -0.3 is 4.98 Å². The van der Waals surface area contributed by atoms with E-state index in [2.05, 4.69) is 16.9 Å². The number of aromatic amines is 1. The van der Waals surface area contributed by atoms with E-state index >= 15 is 0 Å². The Kier molecular flexibility index (Phi) is 10.3. The lowest BCUT2D eigenvalue weighted by Crippen LogP contribution is -1.87. The lowest BCUT2D eigenvalue weighted by molar-refractivity contribution is 0.543. The van der Waals surface area contributed by atoms with E-state index < -0.39 is 0 Å².